The smallest absolute Gasteiger partial charge is 0.407 e. The first-order valence-corrected chi connectivity index (χ1v) is 20.2. The average Bonchev–Trinajstić information content (AvgIpc) is 4.05. The number of methoxy groups -OCH3 is 2. The first-order valence-electron chi connectivity index (χ1n) is 20.2. The molecule has 1 unspecified atom stereocenters. The maximum absolute atomic E-state index is 13.7. The number of ether oxygens (including phenoxy) is 3. The van der Waals surface area contributed by atoms with Crippen LogP contribution < -0.4 is 10.6 Å². The zero-order valence-electron chi connectivity index (χ0n) is 33.9. The van der Waals surface area contributed by atoms with Crippen molar-refractivity contribution in [1.29, 1.82) is 0 Å². The van der Waals surface area contributed by atoms with Crippen LogP contribution in [-0.4, -0.2) is 106 Å². The molecule has 15 heteroatoms. The molecule has 4 aromatic rings. The van der Waals surface area contributed by atoms with E-state index in [9.17, 15) is 19.2 Å². The number of rotatable bonds is 10. The van der Waals surface area contributed by atoms with Crippen molar-refractivity contribution < 1.29 is 33.4 Å². The van der Waals surface area contributed by atoms with Crippen LogP contribution in [0, 0.1) is 11.8 Å². The largest absolute Gasteiger partial charge is 0.453 e. The minimum absolute atomic E-state index is 0.117. The number of hydrogen-bond acceptors (Lipinski definition) is 9. The second kappa shape index (κ2) is 15.6. The Labute approximate surface area is 337 Å². The second-order valence-corrected chi connectivity index (χ2v) is 16.6. The third kappa shape index (κ3) is 6.78. The molecule has 3 aliphatic heterocycles. The number of fused-ring (bicyclic) bond motifs is 5. The molecule has 5 heterocycles. The molecule has 0 radical (unpaired) electrons. The van der Waals surface area contributed by atoms with Crippen molar-refractivity contribution >= 4 is 24.0 Å². The summed E-state index contributed by atoms with van der Waals surface area (Å²) in [6.07, 6.45) is 5.63. The Morgan fingerprint density at radius 1 is 0.724 bits per heavy atom. The second-order valence-electron chi connectivity index (χ2n) is 16.6. The molecule has 8 rings (SSSR count). The van der Waals surface area contributed by atoms with E-state index in [1.807, 2.05) is 49.9 Å². The summed E-state index contributed by atoms with van der Waals surface area (Å²) in [4.78, 5) is 71.8. The summed E-state index contributed by atoms with van der Waals surface area (Å²) in [7, 11) is 2.59. The Morgan fingerprint density at radius 3 is 1.52 bits per heavy atom. The van der Waals surface area contributed by atoms with E-state index in [-0.39, 0.29) is 41.1 Å². The third-order valence-corrected chi connectivity index (χ3v) is 12.4. The van der Waals surface area contributed by atoms with Crippen molar-refractivity contribution in [2.45, 2.75) is 83.0 Å². The Morgan fingerprint density at radius 2 is 1.16 bits per heavy atom. The van der Waals surface area contributed by atoms with Crippen molar-refractivity contribution in [3.63, 3.8) is 0 Å². The summed E-state index contributed by atoms with van der Waals surface area (Å²) in [6, 6.07) is 11.2. The molecule has 2 aromatic heterocycles. The number of amides is 4. The van der Waals surface area contributed by atoms with E-state index in [1.165, 1.54) is 36.5 Å². The Kier molecular flexibility index (Phi) is 10.5. The molecule has 1 spiro atoms. The number of nitrogens with one attached hydrogen (secondary N) is 4. The van der Waals surface area contributed by atoms with Crippen LogP contribution in [0.15, 0.2) is 48.8 Å². The fourth-order valence-electron chi connectivity index (χ4n) is 9.14. The van der Waals surface area contributed by atoms with Gasteiger partial charge >= 0.3 is 12.2 Å². The number of likely N-dealkylation sites (tertiary alicyclic amines) is 2. The zero-order chi connectivity index (χ0) is 40.9. The summed E-state index contributed by atoms with van der Waals surface area (Å²) >= 11 is 0. The van der Waals surface area contributed by atoms with Gasteiger partial charge in [0.05, 0.1) is 68.7 Å². The summed E-state index contributed by atoms with van der Waals surface area (Å²) in [5.41, 5.74) is 8.17. The number of carbonyl (C=O) groups excluding carboxylic acids is 4. The molecule has 3 saturated heterocycles. The van der Waals surface area contributed by atoms with Gasteiger partial charge in [0.25, 0.3) is 0 Å². The molecule has 4 aliphatic rings. The monoisotopic (exact) mass is 792 g/mol. The number of imidazole rings is 2. The number of H-pyrrole nitrogens is 2. The predicted octanol–water partition coefficient (Wildman–Crippen LogP) is 5.85. The van der Waals surface area contributed by atoms with Crippen LogP contribution in [0.25, 0.3) is 33.6 Å². The van der Waals surface area contributed by atoms with Crippen LogP contribution in [0.3, 0.4) is 0 Å². The molecular weight excluding hydrogens is 741 g/mol. The lowest BCUT2D eigenvalue weighted by atomic mass is 9.75. The van der Waals surface area contributed by atoms with Crippen molar-refractivity contribution in [3.05, 3.63) is 71.6 Å². The Bertz CT molecular complexity index is 2070. The summed E-state index contributed by atoms with van der Waals surface area (Å²) in [6.45, 7) is 9.91. The number of aromatic amines is 2. The van der Waals surface area contributed by atoms with Gasteiger partial charge in [0.2, 0.25) is 11.8 Å². The van der Waals surface area contributed by atoms with Crippen LogP contribution in [0.4, 0.5) is 9.59 Å². The van der Waals surface area contributed by atoms with Crippen LogP contribution in [0.5, 0.6) is 0 Å². The van der Waals surface area contributed by atoms with Crippen LogP contribution in [0.2, 0.25) is 0 Å². The molecule has 58 heavy (non-hydrogen) atoms. The van der Waals surface area contributed by atoms with Gasteiger partial charge in [-0.05, 0) is 83.0 Å². The highest BCUT2D eigenvalue weighted by molar-refractivity contribution is 5.88. The van der Waals surface area contributed by atoms with Gasteiger partial charge in [0, 0.05) is 13.1 Å². The summed E-state index contributed by atoms with van der Waals surface area (Å²) in [5, 5.41) is 5.43. The Hall–Kier alpha value is -5.70. The van der Waals surface area contributed by atoms with E-state index in [2.05, 4.69) is 57.0 Å². The summed E-state index contributed by atoms with van der Waals surface area (Å²) < 4.78 is 15.5. The van der Waals surface area contributed by atoms with Crippen molar-refractivity contribution in [1.82, 2.24) is 40.4 Å². The predicted molar refractivity (Wildman–Crippen MR) is 214 cm³/mol. The fourth-order valence-corrected chi connectivity index (χ4v) is 9.14. The molecule has 4 atom stereocenters. The quantitative estimate of drug-likeness (QED) is 0.153. The summed E-state index contributed by atoms with van der Waals surface area (Å²) in [5.74, 6) is 0.918. The van der Waals surface area contributed by atoms with Crippen molar-refractivity contribution in [2.24, 2.45) is 11.8 Å². The van der Waals surface area contributed by atoms with Crippen molar-refractivity contribution in [2.75, 3.05) is 40.5 Å². The van der Waals surface area contributed by atoms with Gasteiger partial charge in [-0.1, -0.05) is 52.0 Å². The maximum atomic E-state index is 13.7. The highest BCUT2D eigenvalue weighted by atomic mass is 16.5. The van der Waals surface area contributed by atoms with E-state index >= 15 is 0 Å². The third-order valence-electron chi connectivity index (χ3n) is 12.4. The molecule has 0 bridgehead atoms. The first kappa shape index (κ1) is 39.1. The number of benzene rings is 2. The molecule has 15 nitrogen and oxygen atoms in total. The van der Waals surface area contributed by atoms with Crippen LogP contribution in [-0.2, 0) is 29.2 Å². The highest BCUT2D eigenvalue weighted by Crippen LogP contribution is 2.54. The van der Waals surface area contributed by atoms with Crippen molar-refractivity contribution in [3.8, 4) is 33.6 Å². The van der Waals surface area contributed by atoms with Gasteiger partial charge in [-0.25, -0.2) is 19.6 Å². The fraction of sp³-hybridized carbons (Fsp3) is 0.488. The maximum Gasteiger partial charge on any atom is 0.407 e. The number of alkyl carbamates (subject to hydrolysis) is 2. The van der Waals surface area contributed by atoms with E-state index in [4.69, 9.17) is 24.2 Å². The van der Waals surface area contributed by atoms with Gasteiger partial charge < -0.3 is 44.6 Å². The molecule has 4 N–H and O–H groups in total. The zero-order valence-corrected chi connectivity index (χ0v) is 33.9. The SMILES string of the molecule is COC(=O)NC(C(=O)N1CCC[C@H]1c1ncc(-c2ccc3c(c2)C2(COC2)c2cc(-c4cnc([C@@H]5CCCN5C(=O)[C@@H](NC(=O)OC)C(C)C)[nH]4)ccc2-3)[nH]1)C(C)C. The molecule has 306 valence electrons. The van der Waals surface area contributed by atoms with E-state index < -0.39 is 24.3 Å². The number of hydrogen-bond donors (Lipinski definition) is 4. The minimum atomic E-state index is -0.702. The van der Waals surface area contributed by atoms with E-state index in [0.717, 1.165) is 59.8 Å². The molecular formula is C43H52N8O7. The van der Waals surface area contributed by atoms with Crippen LogP contribution in [0.1, 0.15) is 88.2 Å². The standard InChI is InChI=1S/C43H52N8O7/c1-23(2)35(48-41(54)56-5)39(52)50-15-7-9-33(50)37-44-19-31(46-37)25-11-13-27-28-14-12-26(18-30(28)43(21-58-22-43)29(27)17-25)32-20-45-38(47-32)34-10-8-16-51(34)40(53)36(24(3)4)49-42(55)57-6/h11-14,17-20,23-24,33-36H,7-10,15-16,21-22H2,1-6H3,(H,44,46)(H,45,47)(H,48,54)(H,49,55)/t33-,34-,35-,36?/m0/s1. The van der Waals surface area contributed by atoms with Gasteiger partial charge in [0.15, 0.2) is 0 Å². The lowest BCUT2D eigenvalue weighted by Gasteiger charge is -2.40. The molecule has 4 amide bonds. The molecule has 2 aromatic carbocycles. The van der Waals surface area contributed by atoms with E-state index in [0.29, 0.717) is 26.3 Å². The average molecular weight is 793 g/mol. The normalized spacial score (nSPS) is 20.1. The number of carbonyl (C=O) groups is 4. The van der Waals surface area contributed by atoms with E-state index in [1.54, 1.807) is 0 Å². The van der Waals surface area contributed by atoms with Gasteiger partial charge in [-0.15, -0.1) is 0 Å². The minimum Gasteiger partial charge on any atom is -0.453 e. The van der Waals surface area contributed by atoms with Gasteiger partial charge in [0.1, 0.15) is 23.7 Å². The van der Waals surface area contributed by atoms with Crippen LogP contribution >= 0.6 is 0 Å². The number of nitrogens with zero attached hydrogens (tertiary/aromatic N) is 4. The lowest BCUT2D eigenvalue weighted by molar-refractivity contribution is -0.136. The first-order chi connectivity index (χ1) is 27.9. The molecule has 1 aliphatic carbocycles. The van der Waals surface area contributed by atoms with Gasteiger partial charge in [-0.3, -0.25) is 9.59 Å². The van der Waals surface area contributed by atoms with Gasteiger partial charge in [-0.2, -0.15) is 0 Å². The number of aromatic nitrogens is 4. The highest BCUT2D eigenvalue weighted by Gasteiger charge is 2.49. The molecule has 0 saturated carbocycles. The molecule has 3 fully saturated rings. The lowest BCUT2D eigenvalue weighted by Crippen LogP contribution is -2.51. The Balaban J connectivity index is 1.02. The topological polar surface area (TPSA) is 184 Å².